The Kier molecular flexibility index (Phi) is 11.1. The molecule has 7 rings (SSSR count). The molecule has 274 valence electrons. The summed E-state index contributed by atoms with van der Waals surface area (Å²) in [6.45, 7) is 6.97. The van der Waals surface area contributed by atoms with Gasteiger partial charge in [0, 0.05) is 11.1 Å². The number of hydrogen-bond acceptors (Lipinski definition) is 8. The molecule has 0 N–H and O–H groups in total. The van der Waals surface area contributed by atoms with Crippen LogP contribution in [-0.2, 0) is 0 Å². The quantitative estimate of drug-likeness (QED) is 0.123. The van der Waals surface area contributed by atoms with Crippen molar-refractivity contribution in [3.63, 3.8) is 0 Å². The number of hydrogen-bond donors (Lipinski definition) is 0. The highest BCUT2D eigenvalue weighted by Crippen LogP contribution is 2.32. The lowest BCUT2D eigenvalue weighted by molar-refractivity contribution is 0.0723. The van der Waals surface area contributed by atoms with Crippen LogP contribution in [0.2, 0.25) is 0 Å². The average molecular weight is 735 g/mol. The first-order chi connectivity index (χ1) is 27.3. The maximum Gasteiger partial charge on any atom is 0.347 e. The number of para-hydroxylation sites is 6. The van der Waals surface area contributed by atoms with Crippen molar-refractivity contribution < 1.29 is 19.1 Å². The highest BCUT2D eigenvalue weighted by molar-refractivity contribution is 5.96. The number of ether oxygens (including phenoxy) is 2. The molecule has 0 aliphatic rings. The fourth-order valence-electron chi connectivity index (χ4n) is 6.49. The van der Waals surface area contributed by atoms with Gasteiger partial charge in [-0.05, 0) is 75.2 Å². The lowest BCUT2D eigenvalue weighted by Crippen LogP contribution is -2.14. The van der Waals surface area contributed by atoms with Crippen molar-refractivity contribution in [3.8, 4) is 33.8 Å². The smallest absolute Gasteiger partial charge is 0.347 e. The van der Waals surface area contributed by atoms with Gasteiger partial charge in [0.25, 0.3) is 0 Å². The van der Waals surface area contributed by atoms with E-state index in [-0.39, 0.29) is 11.1 Å². The second-order valence-corrected chi connectivity index (χ2v) is 13.0. The highest BCUT2D eigenvalue weighted by atomic mass is 16.5. The topological polar surface area (TPSA) is 104 Å². The van der Waals surface area contributed by atoms with Crippen LogP contribution in [0.1, 0.15) is 43.5 Å². The second kappa shape index (κ2) is 16.8. The van der Waals surface area contributed by atoms with Crippen LogP contribution in [0.4, 0.5) is 0 Å². The maximum absolute atomic E-state index is 14.3. The first-order valence-electron chi connectivity index (χ1n) is 18.1. The molecule has 56 heavy (non-hydrogen) atoms. The molecule has 0 fully saturated rings. The lowest BCUT2D eigenvalue weighted by atomic mass is 10.0. The van der Waals surface area contributed by atoms with Crippen molar-refractivity contribution in [2.75, 3.05) is 0 Å². The summed E-state index contributed by atoms with van der Waals surface area (Å²) in [7, 11) is 0. The van der Waals surface area contributed by atoms with Gasteiger partial charge in [0.05, 0.1) is 44.8 Å². The number of benzene rings is 6. The molecule has 0 amide bonds. The summed E-state index contributed by atoms with van der Waals surface area (Å²) in [5.41, 5.74) is 7.08. The molecule has 0 saturated carbocycles. The van der Waals surface area contributed by atoms with E-state index < -0.39 is 11.9 Å². The third-order valence-corrected chi connectivity index (χ3v) is 9.12. The number of aryl methyl sites for hydroxylation is 4. The summed E-state index contributed by atoms with van der Waals surface area (Å²) in [6.07, 6.45) is 0. The van der Waals surface area contributed by atoms with Crippen LogP contribution >= 0.6 is 0 Å². The summed E-state index contributed by atoms with van der Waals surface area (Å²) >= 11 is 0. The molecule has 0 spiro atoms. The van der Waals surface area contributed by atoms with Gasteiger partial charge in [0.1, 0.15) is 22.6 Å². The number of rotatable bonds is 6. The largest absolute Gasteiger partial charge is 0.422 e. The van der Waals surface area contributed by atoms with Crippen LogP contribution in [0.3, 0.4) is 0 Å². The standard InChI is InChI=1S/C48H38N4O4/c1-31-45(47(53)55-43-29-17-11-23-37(43)35-19-7-5-8-20-35)32(2)50-41-27-15-16-28-42(41)52-34(4)46(33(3)51-40-26-14-13-25-39(40)49-31)48(54)56-44-30-18-12-24-38(44)36-21-9-6-10-22-36/h5-30H,1-4H3. The molecule has 0 aliphatic carbocycles. The lowest BCUT2D eigenvalue weighted by Gasteiger charge is -2.12. The van der Waals surface area contributed by atoms with Crippen molar-refractivity contribution in [1.82, 2.24) is 19.9 Å². The molecule has 1 aromatic heterocycles. The Morgan fingerprint density at radius 2 is 0.625 bits per heavy atom. The Morgan fingerprint density at radius 3 is 0.946 bits per heavy atom. The van der Waals surface area contributed by atoms with Crippen molar-refractivity contribution in [1.29, 1.82) is 0 Å². The van der Waals surface area contributed by atoms with Crippen LogP contribution in [-0.4, -0.2) is 31.9 Å². The van der Waals surface area contributed by atoms with E-state index >= 15 is 0 Å². The van der Waals surface area contributed by atoms with Crippen molar-refractivity contribution in [2.45, 2.75) is 27.7 Å². The van der Waals surface area contributed by atoms with Gasteiger partial charge < -0.3 is 9.47 Å². The number of aromatic nitrogens is 4. The molecule has 1 heterocycles. The maximum atomic E-state index is 14.3. The summed E-state index contributed by atoms with van der Waals surface area (Å²) in [5.74, 6) is -0.435. The van der Waals surface area contributed by atoms with Gasteiger partial charge in [-0.2, -0.15) is 0 Å². The Morgan fingerprint density at radius 1 is 0.357 bits per heavy atom. The first-order valence-corrected chi connectivity index (χ1v) is 18.1. The SMILES string of the molecule is Cc1nc2ccccc2nc(C)c(C(=O)Oc2ccccc2-c2ccccc2)c(C)nc2ccccc2nc(C)c1C(=O)Oc1ccccc1-c1ccccc1. The molecular formula is C48H38N4O4. The fourth-order valence-corrected chi connectivity index (χ4v) is 6.49. The van der Waals surface area contributed by atoms with Crippen molar-refractivity contribution in [2.24, 2.45) is 0 Å². The molecule has 8 nitrogen and oxygen atoms in total. The molecule has 7 aromatic rings. The van der Waals surface area contributed by atoms with Gasteiger partial charge in [-0.15, -0.1) is 0 Å². The summed E-state index contributed by atoms with van der Waals surface area (Å²) in [6, 6.07) is 48.8. The summed E-state index contributed by atoms with van der Waals surface area (Å²) < 4.78 is 12.3. The monoisotopic (exact) mass is 734 g/mol. The number of esters is 2. The highest BCUT2D eigenvalue weighted by Gasteiger charge is 2.20. The summed E-state index contributed by atoms with van der Waals surface area (Å²) in [5, 5.41) is 0. The van der Waals surface area contributed by atoms with Crippen LogP contribution in [0.15, 0.2) is 158 Å². The zero-order valence-corrected chi connectivity index (χ0v) is 31.4. The van der Waals surface area contributed by atoms with E-state index in [9.17, 15) is 9.59 Å². The zero-order chi connectivity index (χ0) is 39.0. The van der Waals surface area contributed by atoms with E-state index in [1.165, 1.54) is 0 Å². The van der Waals surface area contributed by atoms with Crippen LogP contribution in [0.5, 0.6) is 11.5 Å². The minimum Gasteiger partial charge on any atom is -0.422 e. The van der Waals surface area contributed by atoms with Crippen molar-refractivity contribution in [3.05, 3.63) is 192 Å². The summed E-state index contributed by atoms with van der Waals surface area (Å²) in [4.78, 5) is 48.3. The van der Waals surface area contributed by atoms with Crippen LogP contribution in [0.25, 0.3) is 44.3 Å². The van der Waals surface area contributed by atoms with Gasteiger partial charge in [0.15, 0.2) is 0 Å². The minimum atomic E-state index is -0.619. The number of fused-ring (bicyclic) bond motifs is 2. The van der Waals surface area contributed by atoms with Gasteiger partial charge >= 0.3 is 11.9 Å². The van der Waals surface area contributed by atoms with Crippen molar-refractivity contribution >= 4 is 34.0 Å². The number of carbonyl (C=O) groups is 2. The molecule has 6 aromatic carbocycles. The number of carbonyl (C=O) groups excluding carboxylic acids is 2. The van der Waals surface area contributed by atoms with Gasteiger partial charge in [-0.3, -0.25) is 19.9 Å². The Hall–Kier alpha value is -7.32. The van der Waals surface area contributed by atoms with Gasteiger partial charge in [0.2, 0.25) is 0 Å². The van der Waals surface area contributed by atoms with E-state index in [1.807, 2.05) is 121 Å². The zero-order valence-electron chi connectivity index (χ0n) is 31.4. The Balaban J connectivity index is 1.43. The molecule has 0 aliphatic heterocycles. The molecule has 0 saturated heterocycles. The molecule has 0 atom stereocenters. The van der Waals surface area contributed by atoms with Crippen LogP contribution in [0, 0.1) is 27.7 Å². The molecule has 8 heteroatoms. The van der Waals surface area contributed by atoms with E-state index in [4.69, 9.17) is 29.4 Å². The second-order valence-electron chi connectivity index (χ2n) is 13.0. The normalized spacial score (nSPS) is 10.6. The van der Waals surface area contributed by atoms with E-state index in [1.54, 1.807) is 64.1 Å². The third-order valence-electron chi connectivity index (χ3n) is 9.12. The molecule has 0 radical (unpaired) electrons. The van der Waals surface area contributed by atoms with Gasteiger partial charge in [-0.25, -0.2) is 9.59 Å². The molecular weight excluding hydrogens is 697 g/mol. The Labute approximate surface area is 325 Å². The minimum absolute atomic E-state index is 0.184. The van der Waals surface area contributed by atoms with E-state index in [0.717, 1.165) is 22.3 Å². The Bertz CT molecular complexity index is 2460. The third kappa shape index (κ3) is 8.25. The van der Waals surface area contributed by atoms with Gasteiger partial charge in [-0.1, -0.05) is 121 Å². The first kappa shape index (κ1) is 37.0. The van der Waals surface area contributed by atoms with E-state index in [2.05, 4.69) is 0 Å². The molecule has 0 unspecified atom stereocenters. The fraction of sp³-hybridized carbons (Fsp3) is 0.0833. The van der Waals surface area contributed by atoms with Crippen LogP contribution < -0.4 is 9.47 Å². The predicted octanol–water partition coefficient (Wildman–Crippen LogP) is 10.8. The number of nitrogens with zero attached hydrogens (tertiary/aromatic N) is 4. The average Bonchev–Trinajstić information content (AvgIpc) is 3.20. The predicted molar refractivity (Wildman–Crippen MR) is 221 cm³/mol. The van der Waals surface area contributed by atoms with E-state index in [0.29, 0.717) is 56.3 Å². The molecule has 0 bridgehead atoms.